The van der Waals surface area contributed by atoms with E-state index in [2.05, 4.69) is 53.5 Å². The molecule has 0 amide bonds. The van der Waals surface area contributed by atoms with Gasteiger partial charge in [0.25, 0.3) is 0 Å². The third-order valence-electron chi connectivity index (χ3n) is 3.35. The van der Waals surface area contributed by atoms with Crippen molar-refractivity contribution in [3.63, 3.8) is 0 Å². The molecular formula is C18H16N2. The van der Waals surface area contributed by atoms with E-state index < -0.39 is 0 Å². The highest BCUT2D eigenvalue weighted by Crippen LogP contribution is 2.24. The first kappa shape index (κ1) is 12.4. The van der Waals surface area contributed by atoms with Gasteiger partial charge >= 0.3 is 0 Å². The molecule has 20 heavy (non-hydrogen) atoms. The lowest BCUT2D eigenvalue weighted by Gasteiger charge is -2.06. The SMILES string of the molecule is Nc1ncccc1-c1ccc(Cc2ccccc2)cc1. The summed E-state index contributed by atoms with van der Waals surface area (Å²) in [5, 5.41) is 0. The number of hydrogen-bond donors (Lipinski definition) is 1. The van der Waals surface area contributed by atoms with Crippen molar-refractivity contribution in [2.45, 2.75) is 6.42 Å². The van der Waals surface area contributed by atoms with Crippen LogP contribution in [0.3, 0.4) is 0 Å². The average Bonchev–Trinajstić information content (AvgIpc) is 2.50. The second-order valence-electron chi connectivity index (χ2n) is 4.80. The van der Waals surface area contributed by atoms with Crippen LogP contribution in [0, 0.1) is 0 Å². The molecule has 1 heterocycles. The number of nitrogens with two attached hydrogens (primary N) is 1. The fraction of sp³-hybridized carbons (Fsp3) is 0.0556. The zero-order valence-electron chi connectivity index (χ0n) is 11.2. The minimum Gasteiger partial charge on any atom is -0.383 e. The number of aromatic nitrogens is 1. The van der Waals surface area contributed by atoms with E-state index in [1.54, 1.807) is 6.20 Å². The molecule has 0 atom stereocenters. The van der Waals surface area contributed by atoms with Crippen LogP contribution >= 0.6 is 0 Å². The zero-order chi connectivity index (χ0) is 13.8. The van der Waals surface area contributed by atoms with Crippen LogP contribution in [-0.2, 0) is 6.42 Å². The van der Waals surface area contributed by atoms with Gasteiger partial charge < -0.3 is 5.73 Å². The molecule has 0 unspecified atom stereocenters. The molecule has 0 bridgehead atoms. The molecule has 3 aromatic rings. The summed E-state index contributed by atoms with van der Waals surface area (Å²) in [7, 11) is 0. The number of hydrogen-bond acceptors (Lipinski definition) is 2. The van der Waals surface area contributed by atoms with Crippen molar-refractivity contribution in [2.75, 3.05) is 5.73 Å². The fourth-order valence-corrected chi connectivity index (χ4v) is 2.30. The summed E-state index contributed by atoms with van der Waals surface area (Å²) in [6.07, 6.45) is 2.66. The summed E-state index contributed by atoms with van der Waals surface area (Å²) < 4.78 is 0. The standard InChI is InChI=1S/C18H16N2/c19-18-17(7-4-12-20-18)16-10-8-15(9-11-16)13-14-5-2-1-3-6-14/h1-12H,13H2,(H2,19,20). The molecule has 0 saturated heterocycles. The van der Waals surface area contributed by atoms with Crippen LogP contribution in [-0.4, -0.2) is 4.98 Å². The largest absolute Gasteiger partial charge is 0.383 e. The normalized spacial score (nSPS) is 10.4. The molecule has 2 heteroatoms. The smallest absolute Gasteiger partial charge is 0.131 e. The van der Waals surface area contributed by atoms with E-state index >= 15 is 0 Å². The van der Waals surface area contributed by atoms with E-state index in [0.717, 1.165) is 17.5 Å². The molecule has 2 aromatic carbocycles. The van der Waals surface area contributed by atoms with Crippen molar-refractivity contribution >= 4 is 5.82 Å². The number of rotatable bonds is 3. The van der Waals surface area contributed by atoms with Gasteiger partial charge in [-0.05, 0) is 35.2 Å². The number of pyridine rings is 1. The summed E-state index contributed by atoms with van der Waals surface area (Å²) in [5.41, 5.74) is 10.6. The van der Waals surface area contributed by atoms with Crippen LogP contribution in [0.25, 0.3) is 11.1 Å². The van der Waals surface area contributed by atoms with E-state index in [1.807, 2.05) is 18.2 Å². The fourth-order valence-electron chi connectivity index (χ4n) is 2.30. The molecule has 0 fully saturated rings. The van der Waals surface area contributed by atoms with Crippen molar-refractivity contribution in [3.05, 3.63) is 84.1 Å². The summed E-state index contributed by atoms with van der Waals surface area (Å²) in [4.78, 5) is 4.12. The van der Waals surface area contributed by atoms with Gasteiger partial charge in [0.2, 0.25) is 0 Å². The molecule has 0 aliphatic heterocycles. The molecule has 2 N–H and O–H groups in total. The van der Waals surface area contributed by atoms with E-state index in [0.29, 0.717) is 5.82 Å². The number of nitrogens with zero attached hydrogens (tertiary/aromatic N) is 1. The van der Waals surface area contributed by atoms with Crippen LogP contribution in [0.1, 0.15) is 11.1 Å². The Kier molecular flexibility index (Phi) is 3.46. The first-order valence-electron chi connectivity index (χ1n) is 6.66. The van der Waals surface area contributed by atoms with E-state index in [4.69, 9.17) is 5.73 Å². The second kappa shape index (κ2) is 5.57. The number of benzene rings is 2. The maximum Gasteiger partial charge on any atom is 0.131 e. The van der Waals surface area contributed by atoms with Crippen molar-refractivity contribution in [3.8, 4) is 11.1 Å². The molecule has 0 radical (unpaired) electrons. The Morgan fingerprint density at radius 1 is 0.750 bits per heavy atom. The predicted molar refractivity (Wildman–Crippen MR) is 83.3 cm³/mol. The highest BCUT2D eigenvalue weighted by atomic mass is 14.8. The van der Waals surface area contributed by atoms with Crippen LogP contribution in [0.5, 0.6) is 0 Å². The topological polar surface area (TPSA) is 38.9 Å². The summed E-state index contributed by atoms with van der Waals surface area (Å²) in [6.45, 7) is 0. The lowest BCUT2D eigenvalue weighted by atomic mass is 10.0. The minimum absolute atomic E-state index is 0.573. The predicted octanol–water partition coefficient (Wildman–Crippen LogP) is 3.92. The molecule has 1 aromatic heterocycles. The Bertz CT molecular complexity index is 688. The number of anilines is 1. The first-order chi connectivity index (χ1) is 9.83. The van der Waals surface area contributed by atoms with Gasteiger partial charge in [0.05, 0.1) is 0 Å². The van der Waals surface area contributed by atoms with Gasteiger partial charge in [-0.15, -0.1) is 0 Å². The molecule has 3 rings (SSSR count). The summed E-state index contributed by atoms with van der Waals surface area (Å²) in [5.74, 6) is 0.573. The molecular weight excluding hydrogens is 244 g/mol. The van der Waals surface area contributed by atoms with Crippen molar-refractivity contribution in [2.24, 2.45) is 0 Å². The minimum atomic E-state index is 0.573. The lowest BCUT2D eigenvalue weighted by Crippen LogP contribution is -1.93. The van der Waals surface area contributed by atoms with E-state index in [1.165, 1.54) is 11.1 Å². The maximum atomic E-state index is 5.90. The van der Waals surface area contributed by atoms with Crippen molar-refractivity contribution < 1.29 is 0 Å². The van der Waals surface area contributed by atoms with E-state index in [9.17, 15) is 0 Å². The van der Waals surface area contributed by atoms with Gasteiger partial charge in [-0.3, -0.25) is 0 Å². The van der Waals surface area contributed by atoms with Gasteiger partial charge in [-0.2, -0.15) is 0 Å². The highest BCUT2D eigenvalue weighted by Gasteiger charge is 2.03. The van der Waals surface area contributed by atoms with Crippen LogP contribution in [0.2, 0.25) is 0 Å². The second-order valence-corrected chi connectivity index (χ2v) is 4.80. The van der Waals surface area contributed by atoms with Crippen molar-refractivity contribution in [1.29, 1.82) is 0 Å². The van der Waals surface area contributed by atoms with E-state index in [-0.39, 0.29) is 0 Å². The Hall–Kier alpha value is -2.61. The van der Waals surface area contributed by atoms with Gasteiger partial charge in [0.15, 0.2) is 0 Å². The molecule has 0 aliphatic rings. The maximum absolute atomic E-state index is 5.90. The molecule has 0 spiro atoms. The molecule has 0 saturated carbocycles. The third-order valence-corrected chi connectivity index (χ3v) is 3.35. The molecule has 2 nitrogen and oxygen atoms in total. The van der Waals surface area contributed by atoms with Gasteiger partial charge in [-0.25, -0.2) is 4.98 Å². The number of nitrogen functional groups attached to an aromatic ring is 1. The summed E-state index contributed by atoms with van der Waals surface area (Å²) >= 11 is 0. The van der Waals surface area contributed by atoms with Crippen LogP contribution < -0.4 is 5.73 Å². The Morgan fingerprint density at radius 3 is 2.15 bits per heavy atom. The van der Waals surface area contributed by atoms with Gasteiger partial charge in [0, 0.05) is 11.8 Å². The Labute approximate surface area is 118 Å². The monoisotopic (exact) mass is 260 g/mol. The molecule has 98 valence electrons. The quantitative estimate of drug-likeness (QED) is 0.775. The first-order valence-corrected chi connectivity index (χ1v) is 6.66. The average molecular weight is 260 g/mol. The van der Waals surface area contributed by atoms with Crippen LogP contribution in [0.15, 0.2) is 72.9 Å². The summed E-state index contributed by atoms with van der Waals surface area (Å²) in [6, 6.07) is 22.9. The Balaban J connectivity index is 1.83. The van der Waals surface area contributed by atoms with Gasteiger partial charge in [0.1, 0.15) is 5.82 Å². The highest BCUT2D eigenvalue weighted by molar-refractivity contribution is 5.73. The zero-order valence-corrected chi connectivity index (χ0v) is 11.2. The third kappa shape index (κ3) is 2.69. The Morgan fingerprint density at radius 2 is 1.45 bits per heavy atom. The lowest BCUT2D eigenvalue weighted by molar-refractivity contribution is 1.19. The van der Waals surface area contributed by atoms with Crippen LogP contribution in [0.4, 0.5) is 5.82 Å². The van der Waals surface area contributed by atoms with Crippen molar-refractivity contribution in [1.82, 2.24) is 4.98 Å². The van der Waals surface area contributed by atoms with Gasteiger partial charge in [-0.1, -0.05) is 54.6 Å². The molecule has 0 aliphatic carbocycles.